The zero-order valence-electron chi connectivity index (χ0n) is 7.66. The number of rotatable bonds is 2. The summed E-state index contributed by atoms with van der Waals surface area (Å²) in [6.45, 7) is 1.70. The minimum atomic E-state index is 0.202. The minimum Gasteiger partial charge on any atom is -0.480 e. The second-order valence-electron chi connectivity index (χ2n) is 2.29. The van der Waals surface area contributed by atoms with Crippen molar-refractivity contribution >= 4 is 0 Å². The predicted molar refractivity (Wildman–Crippen MR) is 44.6 cm³/mol. The summed E-state index contributed by atoms with van der Waals surface area (Å²) in [7, 11) is 2.91. The van der Waals surface area contributed by atoms with Crippen LogP contribution in [0.2, 0.25) is 0 Å². The van der Waals surface area contributed by atoms with Gasteiger partial charge in [-0.3, -0.25) is 0 Å². The first-order chi connectivity index (χ1) is 6.22. The highest BCUT2D eigenvalue weighted by molar-refractivity contribution is 5.41. The number of aromatic nitrogens is 2. The van der Waals surface area contributed by atoms with E-state index in [0.29, 0.717) is 11.3 Å². The average molecular weight is 179 g/mol. The summed E-state index contributed by atoms with van der Waals surface area (Å²) < 4.78 is 9.73. The summed E-state index contributed by atoms with van der Waals surface area (Å²) in [5, 5.41) is 8.74. The lowest BCUT2D eigenvalue weighted by molar-refractivity contribution is 0.350. The van der Waals surface area contributed by atoms with Gasteiger partial charge in [-0.15, -0.1) is 0 Å². The summed E-state index contributed by atoms with van der Waals surface area (Å²) in [5.41, 5.74) is 0.884. The molecule has 0 aliphatic carbocycles. The fraction of sp³-hybridized carbons (Fsp3) is 0.375. The van der Waals surface area contributed by atoms with E-state index in [1.54, 1.807) is 6.92 Å². The first kappa shape index (κ1) is 9.26. The average Bonchev–Trinajstić information content (AvgIpc) is 2.16. The maximum absolute atomic E-state index is 8.74. The summed E-state index contributed by atoms with van der Waals surface area (Å²) in [4.78, 5) is 7.80. The van der Waals surface area contributed by atoms with Crippen LogP contribution in [0.15, 0.2) is 0 Å². The van der Waals surface area contributed by atoms with Crippen molar-refractivity contribution in [3.8, 4) is 18.0 Å². The molecule has 5 heteroatoms. The van der Waals surface area contributed by atoms with Gasteiger partial charge in [0.2, 0.25) is 5.88 Å². The molecule has 0 spiro atoms. The van der Waals surface area contributed by atoms with E-state index in [0.717, 1.165) is 0 Å². The van der Waals surface area contributed by atoms with Crippen LogP contribution < -0.4 is 9.47 Å². The third kappa shape index (κ3) is 1.67. The van der Waals surface area contributed by atoms with Crippen LogP contribution in [0.25, 0.3) is 0 Å². The van der Waals surface area contributed by atoms with Crippen molar-refractivity contribution in [1.82, 2.24) is 9.97 Å². The number of hydrogen-bond acceptors (Lipinski definition) is 5. The molecule has 0 bridgehead atoms. The van der Waals surface area contributed by atoms with Crippen LogP contribution in [-0.2, 0) is 0 Å². The van der Waals surface area contributed by atoms with Crippen molar-refractivity contribution in [3.05, 3.63) is 11.3 Å². The third-order valence-electron chi connectivity index (χ3n) is 1.52. The van der Waals surface area contributed by atoms with E-state index in [-0.39, 0.29) is 11.9 Å². The van der Waals surface area contributed by atoms with Gasteiger partial charge < -0.3 is 9.47 Å². The molecule has 0 aliphatic heterocycles. The van der Waals surface area contributed by atoms with Crippen LogP contribution in [0.1, 0.15) is 11.3 Å². The molecule has 0 atom stereocenters. The normalized spacial score (nSPS) is 9.08. The van der Waals surface area contributed by atoms with Crippen LogP contribution in [0.5, 0.6) is 11.9 Å². The van der Waals surface area contributed by atoms with E-state index in [9.17, 15) is 0 Å². The molecule has 0 N–H and O–H groups in total. The smallest absolute Gasteiger partial charge is 0.319 e. The molecule has 0 radical (unpaired) electrons. The number of methoxy groups -OCH3 is 2. The standard InChI is InChI=1S/C8H9N3O2/c1-5-6(4-9)7(12-2)11-8(10-5)13-3/h1-3H3. The SMILES string of the molecule is COc1nc(C)c(C#N)c(OC)n1. The van der Waals surface area contributed by atoms with Crippen molar-refractivity contribution in [1.29, 1.82) is 5.26 Å². The molecule has 1 rings (SSSR count). The highest BCUT2D eigenvalue weighted by atomic mass is 16.5. The molecule has 5 nitrogen and oxygen atoms in total. The van der Waals surface area contributed by atoms with Crippen LogP contribution in [0, 0.1) is 18.3 Å². The summed E-state index contributed by atoms with van der Waals surface area (Å²) >= 11 is 0. The molecule has 0 aliphatic rings. The van der Waals surface area contributed by atoms with Gasteiger partial charge in [-0.25, -0.2) is 0 Å². The number of aryl methyl sites for hydroxylation is 1. The highest BCUT2D eigenvalue weighted by Gasteiger charge is 2.11. The molecule has 0 saturated carbocycles. The Morgan fingerprint density at radius 1 is 1.23 bits per heavy atom. The Kier molecular flexibility index (Phi) is 2.65. The molecule has 0 saturated heterocycles. The number of nitriles is 1. The highest BCUT2D eigenvalue weighted by Crippen LogP contribution is 2.19. The van der Waals surface area contributed by atoms with Crippen LogP contribution >= 0.6 is 0 Å². The number of ether oxygens (including phenoxy) is 2. The lowest BCUT2D eigenvalue weighted by Crippen LogP contribution is -2.01. The van der Waals surface area contributed by atoms with E-state index in [2.05, 4.69) is 9.97 Å². The van der Waals surface area contributed by atoms with Gasteiger partial charge in [0.05, 0.1) is 19.9 Å². The van der Waals surface area contributed by atoms with Gasteiger partial charge in [0.1, 0.15) is 11.6 Å². The van der Waals surface area contributed by atoms with Gasteiger partial charge in [0.25, 0.3) is 0 Å². The van der Waals surface area contributed by atoms with E-state index in [4.69, 9.17) is 14.7 Å². The van der Waals surface area contributed by atoms with Crippen LogP contribution in [0.3, 0.4) is 0 Å². The lowest BCUT2D eigenvalue weighted by atomic mass is 10.2. The fourth-order valence-electron chi connectivity index (χ4n) is 0.890. The predicted octanol–water partition coefficient (Wildman–Crippen LogP) is 0.674. The Labute approximate surface area is 76.0 Å². The van der Waals surface area contributed by atoms with E-state index < -0.39 is 0 Å². The van der Waals surface area contributed by atoms with Crippen molar-refractivity contribution in [2.24, 2.45) is 0 Å². The second kappa shape index (κ2) is 3.72. The fourth-order valence-corrected chi connectivity index (χ4v) is 0.890. The third-order valence-corrected chi connectivity index (χ3v) is 1.52. The summed E-state index contributed by atoms with van der Waals surface area (Å²) in [6, 6.07) is 2.16. The molecular formula is C8H9N3O2. The lowest BCUT2D eigenvalue weighted by Gasteiger charge is -2.05. The molecule has 1 heterocycles. The van der Waals surface area contributed by atoms with Gasteiger partial charge in [0.15, 0.2) is 0 Å². The van der Waals surface area contributed by atoms with Crippen molar-refractivity contribution in [3.63, 3.8) is 0 Å². The largest absolute Gasteiger partial charge is 0.480 e. The van der Waals surface area contributed by atoms with E-state index >= 15 is 0 Å². The first-order valence-electron chi connectivity index (χ1n) is 3.59. The summed E-state index contributed by atoms with van der Waals surface area (Å²) in [5.74, 6) is 0.242. The number of hydrogen-bond donors (Lipinski definition) is 0. The van der Waals surface area contributed by atoms with Crippen LogP contribution in [0.4, 0.5) is 0 Å². The Hall–Kier alpha value is -1.83. The zero-order valence-corrected chi connectivity index (χ0v) is 7.66. The Morgan fingerprint density at radius 3 is 2.38 bits per heavy atom. The van der Waals surface area contributed by atoms with Gasteiger partial charge in [-0.2, -0.15) is 15.2 Å². The van der Waals surface area contributed by atoms with Gasteiger partial charge >= 0.3 is 6.01 Å². The molecule has 0 aromatic carbocycles. The van der Waals surface area contributed by atoms with Crippen LogP contribution in [-0.4, -0.2) is 24.2 Å². The maximum Gasteiger partial charge on any atom is 0.319 e. The molecule has 0 fully saturated rings. The zero-order chi connectivity index (χ0) is 9.84. The molecule has 1 aromatic rings. The van der Waals surface area contributed by atoms with Crippen molar-refractivity contribution in [2.45, 2.75) is 6.92 Å². The molecule has 0 amide bonds. The molecular weight excluding hydrogens is 170 g/mol. The maximum atomic E-state index is 8.74. The molecule has 13 heavy (non-hydrogen) atoms. The summed E-state index contributed by atoms with van der Waals surface area (Å²) in [6.07, 6.45) is 0. The second-order valence-corrected chi connectivity index (χ2v) is 2.29. The van der Waals surface area contributed by atoms with Gasteiger partial charge in [-0.05, 0) is 6.92 Å². The molecule has 1 aromatic heterocycles. The topological polar surface area (TPSA) is 68.0 Å². The van der Waals surface area contributed by atoms with E-state index in [1.165, 1.54) is 14.2 Å². The minimum absolute atomic E-state index is 0.202. The quantitative estimate of drug-likeness (QED) is 0.667. The monoisotopic (exact) mass is 179 g/mol. The van der Waals surface area contributed by atoms with Crippen molar-refractivity contribution in [2.75, 3.05) is 14.2 Å². The van der Waals surface area contributed by atoms with Gasteiger partial charge in [-0.1, -0.05) is 0 Å². The Balaban J connectivity index is 3.31. The Morgan fingerprint density at radius 2 is 1.92 bits per heavy atom. The molecule has 0 unspecified atom stereocenters. The Bertz CT molecular complexity index is 357. The first-order valence-corrected chi connectivity index (χ1v) is 3.59. The van der Waals surface area contributed by atoms with Gasteiger partial charge in [0, 0.05) is 0 Å². The van der Waals surface area contributed by atoms with E-state index in [1.807, 2.05) is 6.07 Å². The molecule has 68 valence electrons. The van der Waals surface area contributed by atoms with Crippen molar-refractivity contribution < 1.29 is 9.47 Å². The number of nitrogens with zero attached hydrogens (tertiary/aromatic N) is 3.